The van der Waals surface area contributed by atoms with E-state index in [4.69, 9.17) is 1.43 Å². The third-order valence-corrected chi connectivity index (χ3v) is 0.428. The van der Waals surface area contributed by atoms with Crippen LogP contribution in [0.15, 0.2) is 0 Å². The molecule has 0 radical (unpaired) electrons. The van der Waals surface area contributed by atoms with Gasteiger partial charge < -0.3 is 9.90 Å². The fourth-order valence-electron chi connectivity index (χ4n) is 0.136. The van der Waals surface area contributed by atoms with Crippen molar-refractivity contribution in [2.75, 3.05) is 0 Å². The quantitative estimate of drug-likeness (QED) is 0.492. The second kappa shape index (κ2) is 2.85. The van der Waals surface area contributed by atoms with Crippen molar-refractivity contribution in [2.45, 2.75) is 19.4 Å². The van der Waals surface area contributed by atoms with E-state index in [-0.39, 0.29) is 6.10 Å². The molecule has 2 heteroatoms. The molecule has 1 unspecified atom stereocenters. The zero-order valence-electron chi connectivity index (χ0n) is 4.68. The third-order valence-electron chi connectivity index (χ3n) is 0.428. The Hall–Kier alpha value is -0.370. The van der Waals surface area contributed by atoms with Crippen molar-refractivity contribution in [3.8, 4) is 0 Å². The van der Waals surface area contributed by atoms with Gasteiger partial charge in [0.2, 0.25) is 1.43 Å². The van der Waals surface area contributed by atoms with E-state index < -0.39 is 0 Å². The van der Waals surface area contributed by atoms with Gasteiger partial charge in [0.05, 0.1) is 6.10 Å². The third kappa shape index (κ3) is 3.63. The predicted molar refractivity (Wildman–Crippen MR) is 22.4 cm³/mol. The summed E-state index contributed by atoms with van der Waals surface area (Å²) in [5, 5.41) is 4.01. The normalized spacial score (nSPS) is 15.8. The van der Waals surface area contributed by atoms with Crippen LogP contribution in [0.3, 0.4) is 0 Å². The Balaban J connectivity index is 2.98. The summed E-state index contributed by atoms with van der Waals surface area (Å²) in [4.78, 5) is 9.61. The molecule has 0 amide bonds. The Kier molecular flexibility index (Phi) is 1.81. The number of aliphatic hydroxyl groups excluding tert-OH is 1. The van der Waals surface area contributed by atoms with Crippen LogP contribution in [-0.2, 0) is 4.79 Å². The number of hydrogen-bond donors (Lipinski definition) is 1. The first-order valence-electron chi connectivity index (χ1n) is 2.27. The number of rotatable bonds is 3. The summed E-state index contributed by atoms with van der Waals surface area (Å²) in [6, 6.07) is 0. The Labute approximate surface area is 38.3 Å². The van der Waals surface area contributed by atoms with Gasteiger partial charge in [0, 0.05) is 6.42 Å². The van der Waals surface area contributed by atoms with Gasteiger partial charge >= 0.3 is 0 Å². The first kappa shape index (κ1) is 3.81. The smallest absolute Gasteiger partial charge is 0.210 e. The van der Waals surface area contributed by atoms with Crippen molar-refractivity contribution in [3.05, 3.63) is 0 Å². The Morgan fingerprint density at radius 2 is 3.00 bits per heavy atom. The standard InChI is InChI=1S/C4H8O2/c1-4(6)2-3-5/h3-4,6H,2H2,1H3/i6D. The van der Waals surface area contributed by atoms with Gasteiger partial charge in [-0.1, -0.05) is 0 Å². The predicted octanol–water partition coefficient (Wildman–Crippen LogP) is -0.0438. The van der Waals surface area contributed by atoms with Gasteiger partial charge in [0.15, 0.2) is 0 Å². The first-order chi connectivity index (χ1) is 3.31. The van der Waals surface area contributed by atoms with Gasteiger partial charge in [-0.2, -0.15) is 0 Å². The maximum Gasteiger partial charge on any atom is 0.210 e. The van der Waals surface area contributed by atoms with Crippen LogP contribution in [0.2, 0.25) is 0 Å². The van der Waals surface area contributed by atoms with Gasteiger partial charge in [0.25, 0.3) is 0 Å². The molecule has 0 bridgehead atoms. The molecule has 2 nitrogen and oxygen atoms in total. The van der Waals surface area contributed by atoms with Crippen molar-refractivity contribution in [3.63, 3.8) is 0 Å². The molecule has 0 spiro atoms. The Bertz CT molecular complexity index is 55.7. The molecule has 1 N–H and O–H groups in total. The van der Waals surface area contributed by atoms with Crippen molar-refractivity contribution < 1.29 is 9.90 Å². The molecule has 0 saturated heterocycles. The highest BCUT2D eigenvalue weighted by atomic mass is 16.3. The van der Waals surface area contributed by atoms with Crippen LogP contribution in [0.4, 0.5) is 0 Å². The topological polar surface area (TPSA) is 37.3 Å². The lowest BCUT2D eigenvalue weighted by molar-refractivity contribution is -0.109. The molecule has 0 heterocycles. The van der Waals surface area contributed by atoms with E-state index in [2.05, 4.69) is 5.11 Å². The lowest BCUT2D eigenvalue weighted by Gasteiger charge is -1.89. The molecule has 0 aliphatic carbocycles. The summed E-state index contributed by atoms with van der Waals surface area (Å²) < 4.78 is 6.25. The number of carbonyl (C=O) groups excluding carboxylic acids is 1. The second-order valence-electron chi connectivity index (χ2n) is 1.21. The molecule has 0 aromatic rings. The maximum absolute atomic E-state index is 9.61. The molecule has 1 atom stereocenters. The Morgan fingerprint density at radius 1 is 2.33 bits per heavy atom. The highest BCUT2D eigenvalue weighted by Crippen LogP contribution is 1.79. The average Bonchev–Trinajstić information content (AvgIpc) is 1.68. The highest BCUT2D eigenvalue weighted by Gasteiger charge is 1.87. The number of aldehydes is 1. The number of hydrogen-bond acceptors (Lipinski definition) is 2. The zero-order valence-corrected chi connectivity index (χ0v) is 3.68. The van der Waals surface area contributed by atoms with Crippen LogP contribution in [0, 0.1) is 0 Å². The molecule has 0 aromatic carbocycles. The molecule has 36 valence electrons. The molecule has 0 aliphatic heterocycles. The SMILES string of the molecule is [2H]OC(C)CC=O. The van der Waals surface area contributed by atoms with Gasteiger partial charge in [-0.3, -0.25) is 0 Å². The Morgan fingerprint density at radius 3 is 3.17 bits per heavy atom. The van der Waals surface area contributed by atoms with Crippen molar-refractivity contribution in [2.24, 2.45) is 0 Å². The molecular formula is C4H8O2. The van der Waals surface area contributed by atoms with Gasteiger partial charge in [0.1, 0.15) is 6.29 Å². The lowest BCUT2D eigenvalue weighted by atomic mass is 10.3. The van der Waals surface area contributed by atoms with E-state index >= 15 is 0 Å². The van der Waals surface area contributed by atoms with Crippen LogP contribution >= 0.6 is 0 Å². The van der Waals surface area contributed by atoms with E-state index in [1.807, 2.05) is 0 Å². The maximum atomic E-state index is 9.61. The van der Waals surface area contributed by atoms with Gasteiger partial charge in [-0.15, -0.1) is 0 Å². The summed E-state index contributed by atoms with van der Waals surface area (Å²) in [7, 11) is 0. The number of aliphatic hydroxyl groups is 1. The van der Waals surface area contributed by atoms with Crippen molar-refractivity contribution >= 4 is 6.29 Å². The fourth-order valence-corrected chi connectivity index (χ4v) is 0.136. The van der Waals surface area contributed by atoms with Gasteiger partial charge in [-0.25, -0.2) is 0 Å². The van der Waals surface area contributed by atoms with Gasteiger partial charge in [-0.05, 0) is 6.92 Å². The van der Waals surface area contributed by atoms with Crippen LogP contribution in [0.5, 0.6) is 0 Å². The van der Waals surface area contributed by atoms with Crippen molar-refractivity contribution in [1.82, 2.24) is 0 Å². The molecule has 0 aliphatic rings. The molecule has 0 rings (SSSR count). The van der Waals surface area contributed by atoms with E-state index in [1.165, 1.54) is 0 Å². The summed E-state index contributed by atoms with van der Waals surface area (Å²) in [5.41, 5.74) is 0. The monoisotopic (exact) mass is 89.1 g/mol. The zero-order chi connectivity index (χ0) is 5.70. The minimum absolute atomic E-state index is 0.252. The molecule has 0 saturated carbocycles. The summed E-state index contributed by atoms with van der Waals surface area (Å²) in [6.45, 7) is 1.67. The first-order valence-corrected chi connectivity index (χ1v) is 1.87. The summed E-state index contributed by atoms with van der Waals surface area (Å²) in [6.07, 6.45) is 0.792. The van der Waals surface area contributed by atoms with Crippen LogP contribution < -0.4 is 0 Å². The van der Waals surface area contributed by atoms with Crippen LogP contribution in [0.25, 0.3) is 0 Å². The summed E-state index contributed by atoms with van der Waals surface area (Å²) >= 11 is 0. The van der Waals surface area contributed by atoms with E-state index in [0.717, 1.165) is 6.29 Å². The van der Waals surface area contributed by atoms with E-state index in [9.17, 15) is 4.79 Å². The minimum atomic E-state index is -0.252. The number of carbonyl (C=O) groups is 1. The molecule has 0 fully saturated rings. The minimum Gasteiger partial charge on any atom is -0.393 e. The average molecular weight is 89.1 g/mol. The largest absolute Gasteiger partial charge is 0.393 e. The van der Waals surface area contributed by atoms with E-state index in [1.54, 1.807) is 6.92 Å². The molecular weight excluding hydrogens is 80.0 g/mol. The van der Waals surface area contributed by atoms with E-state index in [0.29, 0.717) is 6.42 Å². The van der Waals surface area contributed by atoms with Crippen LogP contribution in [-0.4, -0.2) is 18.9 Å². The molecule has 0 aromatic heterocycles. The highest BCUT2D eigenvalue weighted by molar-refractivity contribution is 5.49. The second-order valence-corrected chi connectivity index (χ2v) is 1.21. The fraction of sp³-hybridized carbons (Fsp3) is 0.750. The van der Waals surface area contributed by atoms with Crippen LogP contribution in [0.1, 0.15) is 13.3 Å². The lowest BCUT2D eigenvalue weighted by Crippen LogP contribution is -1.97. The molecule has 6 heavy (non-hydrogen) atoms. The van der Waals surface area contributed by atoms with Crippen molar-refractivity contribution in [1.29, 1.82) is 1.43 Å². The summed E-state index contributed by atoms with van der Waals surface area (Å²) in [5.74, 6) is 0.